The van der Waals surface area contributed by atoms with E-state index in [0.717, 1.165) is 17.1 Å². The molecule has 0 spiro atoms. The van der Waals surface area contributed by atoms with Crippen molar-refractivity contribution in [3.63, 3.8) is 0 Å². The molecular formula is C16H18FN3OS. The molecule has 0 bridgehead atoms. The standard InChI is InChI=1S/C16H18FN3OS/c1-9(2)16-20-13(8-22-16)15(21)19-12-4-3-10-7-18-6-5-11(10)14(12)17/h3-4,8-9,18H,5-7H2,1-2H3,(H,19,21). The van der Waals surface area contributed by atoms with Crippen LogP contribution in [0.5, 0.6) is 0 Å². The van der Waals surface area contributed by atoms with Gasteiger partial charge in [-0.05, 0) is 30.2 Å². The number of nitrogens with zero attached hydrogens (tertiary/aromatic N) is 1. The van der Waals surface area contributed by atoms with Crippen molar-refractivity contribution in [2.45, 2.75) is 32.7 Å². The summed E-state index contributed by atoms with van der Waals surface area (Å²) in [5, 5.41) is 8.46. The Morgan fingerprint density at radius 2 is 2.27 bits per heavy atom. The van der Waals surface area contributed by atoms with Crippen LogP contribution in [-0.4, -0.2) is 17.4 Å². The van der Waals surface area contributed by atoms with Crippen LogP contribution in [0.4, 0.5) is 10.1 Å². The molecule has 3 rings (SSSR count). The number of thiazole rings is 1. The number of amides is 1. The first kappa shape index (κ1) is 15.1. The van der Waals surface area contributed by atoms with E-state index in [2.05, 4.69) is 15.6 Å². The average Bonchev–Trinajstić information content (AvgIpc) is 3.00. The first-order chi connectivity index (χ1) is 10.6. The minimum absolute atomic E-state index is 0.227. The number of carbonyl (C=O) groups is 1. The van der Waals surface area contributed by atoms with E-state index < -0.39 is 0 Å². The molecule has 4 nitrogen and oxygen atoms in total. The molecule has 1 aromatic heterocycles. The van der Waals surface area contributed by atoms with E-state index in [4.69, 9.17) is 0 Å². The molecule has 0 aliphatic carbocycles. The summed E-state index contributed by atoms with van der Waals surface area (Å²) in [7, 11) is 0. The molecule has 0 atom stereocenters. The number of carbonyl (C=O) groups excluding carboxylic acids is 1. The number of rotatable bonds is 3. The lowest BCUT2D eigenvalue weighted by Crippen LogP contribution is -2.25. The maximum atomic E-state index is 14.5. The van der Waals surface area contributed by atoms with Crippen LogP contribution in [0.2, 0.25) is 0 Å². The molecule has 6 heteroatoms. The van der Waals surface area contributed by atoms with Gasteiger partial charge in [0.05, 0.1) is 10.7 Å². The molecule has 0 unspecified atom stereocenters. The van der Waals surface area contributed by atoms with E-state index in [0.29, 0.717) is 24.2 Å². The molecule has 0 radical (unpaired) electrons. The van der Waals surface area contributed by atoms with Crippen LogP contribution < -0.4 is 10.6 Å². The van der Waals surface area contributed by atoms with Crippen LogP contribution in [0, 0.1) is 5.82 Å². The van der Waals surface area contributed by atoms with E-state index >= 15 is 0 Å². The molecule has 2 aromatic rings. The SMILES string of the molecule is CC(C)c1nc(C(=O)Nc2ccc3c(c2F)CCNC3)cs1. The minimum Gasteiger partial charge on any atom is -0.318 e. The lowest BCUT2D eigenvalue weighted by molar-refractivity contribution is 0.102. The van der Waals surface area contributed by atoms with E-state index in [9.17, 15) is 9.18 Å². The summed E-state index contributed by atoms with van der Waals surface area (Å²) in [6.07, 6.45) is 0.638. The van der Waals surface area contributed by atoms with Gasteiger partial charge in [-0.15, -0.1) is 11.3 Å². The lowest BCUT2D eigenvalue weighted by atomic mass is 9.99. The fourth-order valence-electron chi connectivity index (χ4n) is 2.47. The maximum absolute atomic E-state index is 14.5. The van der Waals surface area contributed by atoms with Gasteiger partial charge in [0, 0.05) is 17.8 Å². The summed E-state index contributed by atoms with van der Waals surface area (Å²) < 4.78 is 14.5. The van der Waals surface area contributed by atoms with Gasteiger partial charge >= 0.3 is 0 Å². The summed E-state index contributed by atoms with van der Waals surface area (Å²) in [6, 6.07) is 3.48. The van der Waals surface area contributed by atoms with Crippen molar-refractivity contribution in [1.29, 1.82) is 0 Å². The molecule has 1 aliphatic rings. The summed E-state index contributed by atoms with van der Waals surface area (Å²) in [5.41, 5.74) is 2.22. The Labute approximate surface area is 132 Å². The van der Waals surface area contributed by atoms with E-state index in [1.807, 2.05) is 19.9 Å². The average molecular weight is 319 g/mol. The van der Waals surface area contributed by atoms with Gasteiger partial charge in [-0.3, -0.25) is 4.79 Å². The lowest BCUT2D eigenvalue weighted by Gasteiger charge is -2.19. The highest BCUT2D eigenvalue weighted by Gasteiger charge is 2.19. The van der Waals surface area contributed by atoms with Gasteiger partial charge in [-0.25, -0.2) is 9.37 Å². The van der Waals surface area contributed by atoms with E-state index in [1.54, 1.807) is 11.4 Å². The van der Waals surface area contributed by atoms with Gasteiger partial charge in [-0.2, -0.15) is 0 Å². The molecule has 116 valence electrons. The number of halogens is 1. The molecule has 0 fully saturated rings. The molecule has 1 amide bonds. The largest absolute Gasteiger partial charge is 0.318 e. The molecule has 1 aliphatic heterocycles. The Bertz CT molecular complexity index is 711. The van der Waals surface area contributed by atoms with Crippen molar-refractivity contribution in [3.05, 3.63) is 45.2 Å². The summed E-state index contributed by atoms with van der Waals surface area (Å²) in [6.45, 7) is 5.48. The topological polar surface area (TPSA) is 54.0 Å². The number of fused-ring (bicyclic) bond motifs is 1. The van der Waals surface area contributed by atoms with Gasteiger partial charge in [0.25, 0.3) is 5.91 Å². The second-order valence-electron chi connectivity index (χ2n) is 5.67. The second-order valence-corrected chi connectivity index (χ2v) is 6.56. The van der Waals surface area contributed by atoms with Crippen LogP contribution in [0.25, 0.3) is 0 Å². The zero-order chi connectivity index (χ0) is 15.7. The van der Waals surface area contributed by atoms with Crippen LogP contribution in [0.3, 0.4) is 0 Å². The Kier molecular flexibility index (Phi) is 4.22. The number of anilines is 1. The van der Waals surface area contributed by atoms with Gasteiger partial charge < -0.3 is 10.6 Å². The maximum Gasteiger partial charge on any atom is 0.275 e. The predicted molar refractivity (Wildman–Crippen MR) is 86.0 cm³/mol. The zero-order valence-corrected chi connectivity index (χ0v) is 13.4. The number of benzene rings is 1. The minimum atomic E-state index is -0.365. The fourth-order valence-corrected chi connectivity index (χ4v) is 3.29. The normalized spacial score (nSPS) is 14.0. The fraction of sp³-hybridized carbons (Fsp3) is 0.375. The summed E-state index contributed by atoms with van der Waals surface area (Å²) >= 11 is 1.45. The molecule has 2 N–H and O–H groups in total. The third kappa shape index (κ3) is 2.89. The molecular weight excluding hydrogens is 301 g/mol. The predicted octanol–water partition coefficient (Wildman–Crippen LogP) is 3.30. The Morgan fingerprint density at radius 1 is 1.45 bits per heavy atom. The van der Waals surface area contributed by atoms with Crippen molar-refractivity contribution >= 4 is 22.9 Å². The Morgan fingerprint density at radius 3 is 3.00 bits per heavy atom. The molecule has 0 saturated carbocycles. The molecule has 22 heavy (non-hydrogen) atoms. The number of hydrogen-bond donors (Lipinski definition) is 2. The highest BCUT2D eigenvalue weighted by molar-refractivity contribution is 7.09. The quantitative estimate of drug-likeness (QED) is 0.912. The van der Waals surface area contributed by atoms with Crippen molar-refractivity contribution in [1.82, 2.24) is 10.3 Å². The van der Waals surface area contributed by atoms with Gasteiger partial charge in [0.2, 0.25) is 0 Å². The van der Waals surface area contributed by atoms with Crippen LogP contribution in [0.15, 0.2) is 17.5 Å². The zero-order valence-electron chi connectivity index (χ0n) is 12.6. The Balaban J connectivity index is 1.81. The van der Waals surface area contributed by atoms with Crippen molar-refractivity contribution in [2.24, 2.45) is 0 Å². The third-order valence-electron chi connectivity index (χ3n) is 3.70. The van der Waals surface area contributed by atoms with E-state index in [-0.39, 0.29) is 23.3 Å². The number of aromatic nitrogens is 1. The Hall–Kier alpha value is -1.79. The van der Waals surface area contributed by atoms with Gasteiger partial charge in [0.15, 0.2) is 0 Å². The smallest absolute Gasteiger partial charge is 0.275 e. The first-order valence-corrected chi connectivity index (χ1v) is 8.22. The monoisotopic (exact) mass is 319 g/mol. The highest BCUT2D eigenvalue weighted by Crippen LogP contribution is 2.25. The van der Waals surface area contributed by atoms with Crippen LogP contribution >= 0.6 is 11.3 Å². The third-order valence-corrected chi connectivity index (χ3v) is 4.85. The van der Waals surface area contributed by atoms with Gasteiger partial charge in [0.1, 0.15) is 11.5 Å². The highest BCUT2D eigenvalue weighted by atomic mass is 32.1. The van der Waals surface area contributed by atoms with E-state index in [1.165, 1.54) is 11.3 Å². The molecule has 2 heterocycles. The summed E-state index contributed by atoms with van der Waals surface area (Å²) in [4.78, 5) is 16.5. The number of nitrogens with one attached hydrogen (secondary N) is 2. The number of hydrogen-bond acceptors (Lipinski definition) is 4. The molecule has 1 aromatic carbocycles. The van der Waals surface area contributed by atoms with Crippen molar-refractivity contribution in [2.75, 3.05) is 11.9 Å². The summed E-state index contributed by atoms with van der Waals surface area (Å²) in [5.74, 6) is -0.415. The van der Waals surface area contributed by atoms with Crippen molar-refractivity contribution in [3.8, 4) is 0 Å². The molecule has 0 saturated heterocycles. The van der Waals surface area contributed by atoms with Gasteiger partial charge in [-0.1, -0.05) is 19.9 Å². The first-order valence-electron chi connectivity index (χ1n) is 7.34. The van der Waals surface area contributed by atoms with Crippen LogP contribution in [-0.2, 0) is 13.0 Å². The second kappa shape index (κ2) is 6.14. The van der Waals surface area contributed by atoms with Crippen LogP contribution in [0.1, 0.15) is 46.4 Å². The van der Waals surface area contributed by atoms with Crippen molar-refractivity contribution < 1.29 is 9.18 Å².